The van der Waals surface area contributed by atoms with E-state index in [1.807, 2.05) is 91.0 Å². The molecule has 0 bridgehead atoms. The minimum absolute atomic E-state index is 0.00677. The van der Waals surface area contributed by atoms with E-state index in [0.29, 0.717) is 5.75 Å². The minimum atomic E-state index is -0.00677. The molecule has 0 amide bonds. The molecule has 0 heterocycles. The molecule has 0 radical (unpaired) electrons. The standard InChI is InChI=1S/C33H42O.C3H8.2C2H6/c1-10-15-16-21-24(6)25(7)30-22-31(26(8)28(17-11-2)18-12-3)33(34)32(23-30)27(9)29(19-13-4)20-14-5;1-3-2;2*1-2/h10-23,25-27,34H,2,4,6H2,1,3,5,7-9H3;3H2,1-2H3;2*1-2H3/b15-10-,18-12-,20-14-,21-16-,28-17+,29-19+;;;. The molecule has 3 unspecified atom stereocenters. The lowest BCUT2D eigenvalue weighted by Gasteiger charge is -2.24. The van der Waals surface area contributed by atoms with Crippen LogP contribution in [0.15, 0.2) is 122 Å². The second kappa shape index (κ2) is 26.9. The van der Waals surface area contributed by atoms with Crippen LogP contribution >= 0.6 is 0 Å². The van der Waals surface area contributed by atoms with E-state index in [2.05, 4.69) is 84.7 Å². The number of allylic oxidation sites excluding steroid dienone is 15. The first kappa shape index (κ1) is 42.2. The number of hydrogen-bond acceptors (Lipinski definition) is 1. The van der Waals surface area contributed by atoms with E-state index >= 15 is 0 Å². The third-order valence-electron chi connectivity index (χ3n) is 6.13. The summed E-state index contributed by atoms with van der Waals surface area (Å²) in [6.07, 6.45) is 25.1. The molecule has 0 aliphatic heterocycles. The third-order valence-corrected chi connectivity index (χ3v) is 6.13. The van der Waals surface area contributed by atoms with E-state index < -0.39 is 0 Å². The molecule has 0 aliphatic carbocycles. The Bertz CT molecular complexity index is 991. The van der Waals surface area contributed by atoms with Crippen LogP contribution in [0.5, 0.6) is 5.75 Å². The Balaban J connectivity index is -0.00000189. The Morgan fingerprint density at radius 2 is 1.10 bits per heavy atom. The van der Waals surface area contributed by atoms with Crippen molar-refractivity contribution in [1.29, 1.82) is 0 Å². The van der Waals surface area contributed by atoms with Gasteiger partial charge in [0.2, 0.25) is 0 Å². The number of rotatable bonds is 12. The molecule has 0 aromatic heterocycles. The van der Waals surface area contributed by atoms with Crippen molar-refractivity contribution in [1.82, 2.24) is 0 Å². The van der Waals surface area contributed by atoms with Gasteiger partial charge in [0.25, 0.3) is 0 Å². The molecule has 1 rings (SSSR count). The molecule has 1 nitrogen and oxygen atoms in total. The zero-order chi connectivity index (χ0) is 32.4. The third kappa shape index (κ3) is 15.3. The summed E-state index contributed by atoms with van der Waals surface area (Å²) in [6, 6.07) is 4.26. The highest BCUT2D eigenvalue weighted by atomic mass is 16.3. The fourth-order valence-electron chi connectivity index (χ4n) is 3.97. The molecule has 41 heavy (non-hydrogen) atoms. The average molecular weight is 559 g/mol. The fourth-order valence-corrected chi connectivity index (χ4v) is 3.97. The Morgan fingerprint density at radius 3 is 1.41 bits per heavy atom. The number of phenolic OH excluding ortho intramolecular Hbond substituents is 1. The van der Waals surface area contributed by atoms with Crippen LogP contribution in [0.3, 0.4) is 0 Å². The first-order chi connectivity index (χ1) is 19.7. The van der Waals surface area contributed by atoms with E-state index in [-0.39, 0.29) is 17.8 Å². The molecule has 1 N–H and O–H groups in total. The van der Waals surface area contributed by atoms with Gasteiger partial charge in [-0.05, 0) is 43.1 Å². The summed E-state index contributed by atoms with van der Waals surface area (Å²) in [7, 11) is 0. The zero-order valence-electron chi connectivity index (χ0n) is 28.6. The van der Waals surface area contributed by atoms with Gasteiger partial charge in [0.1, 0.15) is 5.75 Å². The maximum absolute atomic E-state index is 11.5. The smallest absolute Gasteiger partial charge is 0.123 e. The van der Waals surface area contributed by atoms with Gasteiger partial charge >= 0.3 is 0 Å². The van der Waals surface area contributed by atoms with Crippen LogP contribution in [0.4, 0.5) is 0 Å². The average Bonchev–Trinajstić information content (AvgIpc) is 2.98. The van der Waals surface area contributed by atoms with E-state index in [9.17, 15) is 5.11 Å². The molecule has 1 aromatic rings. The number of aromatic hydroxyl groups is 1. The summed E-state index contributed by atoms with van der Waals surface area (Å²) in [5.74, 6) is 0.423. The molecule has 1 heteroatoms. The van der Waals surface area contributed by atoms with Gasteiger partial charge in [-0.2, -0.15) is 0 Å². The van der Waals surface area contributed by atoms with Gasteiger partial charge in [-0.25, -0.2) is 0 Å². The molecular formula is C40H62O. The summed E-state index contributed by atoms with van der Waals surface area (Å²) < 4.78 is 0. The van der Waals surface area contributed by atoms with Crippen molar-refractivity contribution in [2.45, 2.75) is 107 Å². The Hall–Kier alpha value is -3.32. The van der Waals surface area contributed by atoms with E-state index in [1.165, 1.54) is 6.42 Å². The molecule has 0 spiro atoms. The van der Waals surface area contributed by atoms with Crippen molar-refractivity contribution in [3.63, 3.8) is 0 Å². The SMILES string of the molecule is C=C/C=C(\C=C/C)C(C)c1cc(C(C)C(=C)/C=C\C=C/C)cc(C(C)C(/C=C\C)=C/C=C)c1O.CC.CC.CCC. The molecule has 0 saturated carbocycles. The highest BCUT2D eigenvalue weighted by Crippen LogP contribution is 2.42. The van der Waals surface area contributed by atoms with Crippen LogP contribution in [0.1, 0.15) is 124 Å². The molecule has 0 fully saturated rings. The van der Waals surface area contributed by atoms with Gasteiger partial charge in [0, 0.05) is 28.9 Å². The van der Waals surface area contributed by atoms with Gasteiger partial charge in [-0.1, -0.05) is 174 Å². The Morgan fingerprint density at radius 1 is 0.707 bits per heavy atom. The van der Waals surface area contributed by atoms with Crippen molar-refractivity contribution in [2.75, 3.05) is 0 Å². The number of phenols is 1. The second-order valence-electron chi connectivity index (χ2n) is 9.18. The minimum Gasteiger partial charge on any atom is -0.507 e. The first-order valence-electron chi connectivity index (χ1n) is 15.4. The fraction of sp³-hybridized carbons (Fsp3) is 0.400. The Labute approximate surface area is 255 Å². The van der Waals surface area contributed by atoms with E-state index in [4.69, 9.17) is 0 Å². The summed E-state index contributed by atoms with van der Waals surface area (Å²) in [5, 5.41) is 11.5. The second-order valence-corrected chi connectivity index (χ2v) is 9.18. The van der Waals surface area contributed by atoms with Gasteiger partial charge in [0.05, 0.1) is 0 Å². The summed E-state index contributed by atoms with van der Waals surface area (Å²) in [4.78, 5) is 0. The van der Waals surface area contributed by atoms with E-state index in [0.717, 1.165) is 33.4 Å². The van der Waals surface area contributed by atoms with Crippen molar-refractivity contribution in [3.8, 4) is 5.75 Å². The maximum Gasteiger partial charge on any atom is 0.123 e. The van der Waals surface area contributed by atoms with Gasteiger partial charge in [0.15, 0.2) is 0 Å². The van der Waals surface area contributed by atoms with Gasteiger partial charge in [-0.15, -0.1) is 0 Å². The molecule has 0 saturated heterocycles. The van der Waals surface area contributed by atoms with Gasteiger partial charge < -0.3 is 5.11 Å². The monoisotopic (exact) mass is 558 g/mol. The normalized spacial score (nSPS) is 14.0. The Kier molecular flexibility index (Phi) is 27.6. The molecule has 1 aromatic carbocycles. The molecule has 0 aliphatic rings. The first-order valence-corrected chi connectivity index (χ1v) is 15.4. The lowest BCUT2D eigenvalue weighted by atomic mass is 9.81. The predicted molar refractivity (Wildman–Crippen MR) is 191 cm³/mol. The van der Waals surface area contributed by atoms with E-state index in [1.54, 1.807) is 12.2 Å². The highest BCUT2D eigenvalue weighted by Gasteiger charge is 2.23. The van der Waals surface area contributed by atoms with Crippen LogP contribution < -0.4 is 0 Å². The van der Waals surface area contributed by atoms with Crippen molar-refractivity contribution < 1.29 is 5.11 Å². The quantitative estimate of drug-likeness (QED) is 0.253. The predicted octanol–water partition coefficient (Wildman–Crippen LogP) is 13.2. The van der Waals surface area contributed by atoms with Gasteiger partial charge in [-0.3, -0.25) is 0 Å². The highest BCUT2D eigenvalue weighted by molar-refractivity contribution is 5.55. The topological polar surface area (TPSA) is 20.2 Å². The number of hydrogen-bond donors (Lipinski definition) is 1. The lowest BCUT2D eigenvalue weighted by Crippen LogP contribution is -2.06. The number of benzene rings is 1. The van der Waals surface area contributed by atoms with Crippen LogP contribution in [0.2, 0.25) is 0 Å². The van der Waals surface area contributed by atoms with Crippen molar-refractivity contribution in [3.05, 3.63) is 138 Å². The molecular weight excluding hydrogens is 496 g/mol. The zero-order valence-corrected chi connectivity index (χ0v) is 28.6. The molecule has 3 atom stereocenters. The van der Waals surface area contributed by atoms with Crippen molar-refractivity contribution >= 4 is 0 Å². The summed E-state index contributed by atoms with van der Waals surface area (Å²) in [6.45, 7) is 36.7. The van der Waals surface area contributed by atoms with Crippen LogP contribution in [0.25, 0.3) is 0 Å². The summed E-state index contributed by atoms with van der Waals surface area (Å²) in [5.41, 5.74) is 6.15. The lowest BCUT2D eigenvalue weighted by molar-refractivity contribution is 0.456. The maximum atomic E-state index is 11.5. The van der Waals surface area contributed by atoms with Crippen LogP contribution in [-0.2, 0) is 0 Å². The molecule has 228 valence electrons. The van der Waals surface area contributed by atoms with Crippen LogP contribution in [0, 0.1) is 0 Å². The largest absolute Gasteiger partial charge is 0.507 e. The van der Waals surface area contributed by atoms with Crippen molar-refractivity contribution in [2.24, 2.45) is 0 Å². The summed E-state index contributed by atoms with van der Waals surface area (Å²) >= 11 is 0. The van der Waals surface area contributed by atoms with Crippen LogP contribution in [-0.4, -0.2) is 5.11 Å².